The highest BCUT2D eigenvalue weighted by atomic mass is 79.9. The van der Waals surface area contributed by atoms with E-state index < -0.39 is 0 Å². The van der Waals surface area contributed by atoms with Gasteiger partial charge in [-0.3, -0.25) is 0 Å². The Morgan fingerprint density at radius 2 is 1.30 bits per heavy atom. The molecule has 0 spiro atoms. The minimum Gasteiger partial charge on any atom is -0.497 e. The number of nitrogens with zero attached hydrogens (tertiary/aromatic N) is 2. The van der Waals surface area contributed by atoms with Gasteiger partial charge in [-0.2, -0.15) is 0 Å². The van der Waals surface area contributed by atoms with Gasteiger partial charge in [0.1, 0.15) is 17.3 Å². The summed E-state index contributed by atoms with van der Waals surface area (Å²) in [6, 6.07) is 20.5. The molecule has 0 N–H and O–H groups in total. The molecule has 0 saturated heterocycles. The van der Waals surface area contributed by atoms with Crippen molar-refractivity contribution in [2.24, 2.45) is 0 Å². The van der Waals surface area contributed by atoms with E-state index in [-0.39, 0.29) is 0 Å². The Morgan fingerprint density at radius 1 is 0.778 bits per heavy atom. The van der Waals surface area contributed by atoms with Crippen LogP contribution in [0.15, 0.2) is 66.9 Å². The average Bonchev–Trinajstić information content (AvgIpc) is 2.74. The molecule has 0 radical (unpaired) electrons. The summed E-state index contributed by atoms with van der Waals surface area (Å²) < 4.78 is 10.5. The van der Waals surface area contributed by atoms with Gasteiger partial charge >= 0.3 is 0 Å². The summed E-state index contributed by atoms with van der Waals surface area (Å²) in [5.41, 5.74) is 3.61. The molecule has 5 heteroatoms. The molecule has 0 amide bonds. The fourth-order valence-corrected chi connectivity index (χ4v) is 3.19. The number of pyridine rings is 1. The summed E-state index contributed by atoms with van der Waals surface area (Å²) in [7, 11) is 3.36. The van der Waals surface area contributed by atoms with Crippen LogP contribution in [0, 0.1) is 0 Å². The van der Waals surface area contributed by atoms with E-state index in [0.29, 0.717) is 0 Å². The summed E-state index contributed by atoms with van der Waals surface area (Å²) in [5, 5.41) is 0.807. The predicted octanol–water partition coefficient (Wildman–Crippen LogP) is 5.20. The number of aromatic nitrogens is 1. The number of methoxy groups -OCH3 is 2. The topological polar surface area (TPSA) is 34.6 Å². The standard InChI is InChI=1S/C22H23BrN2O2/c1-26-20-7-3-17(4-8-20)15-25(22-13-19(14-23)11-12-24-22)16-18-5-9-21(27-2)10-6-18/h3-13H,14-16H2,1-2H3. The molecule has 0 saturated carbocycles. The first-order chi connectivity index (χ1) is 13.2. The van der Waals surface area contributed by atoms with Crippen molar-refractivity contribution in [1.29, 1.82) is 0 Å². The van der Waals surface area contributed by atoms with Crippen molar-refractivity contribution >= 4 is 21.7 Å². The van der Waals surface area contributed by atoms with E-state index in [2.05, 4.69) is 56.1 Å². The first-order valence-electron chi connectivity index (χ1n) is 8.73. The Hall–Kier alpha value is -2.53. The van der Waals surface area contributed by atoms with E-state index in [9.17, 15) is 0 Å². The molecule has 0 bridgehead atoms. The first kappa shape index (κ1) is 19.2. The molecule has 1 heterocycles. The van der Waals surface area contributed by atoms with Crippen molar-refractivity contribution in [2.45, 2.75) is 18.4 Å². The number of benzene rings is 2. The molecule has 27 heavy (non-hydrogen) atoms. The molecule has 2 aromatic carbocycles. The highest BCUT2D eigenvalue weighted by Crippen LogP contribution is 2.22. The van der Waals surface area contributed by atoms with E-state index in [1.54, 1.807) is 14.2 Å². The van der Waals surface area contributed by atoms with Crippen molar-refractivity contribution in [3.05, 3.63) is 83.6 Å². The maximum atomic E-state index is 5.26. The zero-order chi connectivity index (χ0) is 19.1. The second-order valence-corrected chi connectivity index (χ2v) is 6.77. The highest BCUT2D eigenvalue weighted by molar-refractivity contribution is 9.08. The van der Waals surface area contributed by atoms with Crippen LogP contribution < -0.4 is 14.4 Å². The second kappa shape index (κ2) is 9.42. The zero-order valence-corrected chi connectivity index (χ0v) is 17.1. The van der Waals surface area contributed by atoms with Gasteiger partial charge in [-0.1, -0.05) is 40.2 Å². The van der Waals surface area contributed by atoms with E-state index in [4.69, 9.17) is 9.47 Å². The van der Waals surface area contributed by atoms with Crippen LogP contribution in [-0.2, 0) is 18.4 Å². The number of anilines is 1. The van der Waals surface area contributed by atoms with E-state index in [1.165, 1.54) is 16.7 Å². The molecule has 0 atom stereocenters. The lowest BCUT2D eigenvalue weighted by molar-refractivity contribution is 0.414. The first-order valence-corrected chi connectivity index (χ1v) is 9.85. The molecule has 0 aliphatic carbocycles. The minimum absolute atomic E-state index is 0.759. The molecule has 0 unspecified atom stereocenters. The molecule has 1 aromatic heterocycles. The smallest absolute Gasteiger partial charge is 0.129 e. The molecule has 0 aliphatic heterocycles. The van der Waals surface area contributed by atoms with Crippen LogP contribution in [0.5, 0.6) is 11.5 Å². The number of halogens is 1. The summed E-state index contributed by atoms with van der Waals surface area (Å²) in [6.07, 6.45) is 1.86. The molecule has 3 aromatic rings. The predicted molar refractivity (Wildman–Crippen MR) is 113 cm³/mol. The summed E-state index contributed by atoms with van der Waals surface area (Å²) >= 11 is 3.53. The lowest BCUT2D eigenvalue weighted by Crippen LogP contribution is -2.23. The van der Waals surface area contributed by atoms with Gasteiger partial charge in [0.2, 0.25) is 0 Å². The van der Waals surface area contributed by atoms with Gasteiger partial charge in [-0.15, -0.1) is 0 Å². The van der Waals surface area contributed by atoms with Crippen molar-refractivity contribution in [2.75, 3.05) is 19.1 Å². The molecule has 0 fully saturated rings. The third-order valence-electron chi connectivity index (χ3n) is 4.35. The SMILES string of the molecule is COc1ccc(CN(Cc2ccc(OC)cc2)c2cc(CBr)ccn2)cc1. The molecule has 0 aliphatic rings. The number of hydrogen-bond acceptors (Lipinski definition) is 4. The van der Waals surface area contributed by atoms with Crippen molar-refractivity contribution in [3.8, 4) is 11.5 Å². The van der Waals surface area contributed by atoms with Gasteiger partial charge in [0.15, 0.2) is 0 Å². The Labute approximate surface area is 168 Å². The summed E-state index contributed by atoms with van der Waals surface area (Å²) in [5.74, 6) is 2.68. The third-order valence-corrected chi connectivity index (χ3v) is 5.00. The van der Waals surface area contributed by atoms with Gasteiger partial charge < -0.3 is 14.4 Å². The van der Waals surface area contributed by atoms with Crippen LogP contribution in [-0.4, -0.2) is 19.2 Å². The molecule has 140 valence electrons. The number of rotatable bonds is 8. The third kappa shape index (κ3) is 5.23. The highest BCUT2D eigenvalue weighted by Gasteiger charge is 2.11. The summed E-state index contributed by atoms with van der Waals surface area (Å²) in [6.45, 7) is 1.52. The van der Waals surface area contributed by atoms with Gasteiger partial charge in [0, 0.05) is 24.6 Å². The van der Waals surface area contributed by atoms with Crippen molar-refractivity contribution in [1.82, 2.24) is 4.98 Å². The Bertz CT molecular complexity index is 801. The van der Waals surface area contributed by atoms with Crippen LogP contribution in [0.3, 0.4) is 0 Å². The number of ether oxygens (including phenoxy) is 2. The Balaban J connectivity index is 1.86. The van der Waals surface area contributed by atoms with Gasteiger partial charge in [-0.25, -0.2) is 4.98 Å². The Morgan fingerprint density at radius 3 is 1.74 bits per heavy atom. The number of alkyl halides is 1. The maximum Gasteiger partial charge on any atom is 0.129 e. The normalized spacial score (nSPS) is 10.5. The minimum atomic E-state index is 0.759. The lowest BCUT2D eigenvalue weighted by Gasteiger charge is -2.25. The van der Waals surface area contributed by atoms with Gasteiger partial charge in [-0.05, 0) is 53.1 Å². The van der Waals surface area contributed by atoms with E-state index in [0.717, 1.165) is 35.7 Å². The second-order valence-electron chi connectivity index (χ2n) is 6.21. The Kier molecular flexibility index (Phi) is 6.71. The van der Waals surface area contributed by atoms with Crippen LogP contribution in [0.4, 0.5) is 5.82 Å². The lowest BCUT2D eigenvalue weighted by atomic mass is 10.1. The van der Waals surface area contributed by atoms with Crippen molar-refractivity contribution < 1.29 is 9.47 Å². The largest absolute Gasteiger partial charge is 0.497 e. The molecular formula is C22H23BrN2O2. The van der Waals surface area contributed by atoms with Crippen molar-refractivity contribution in [3.63, 3.8) is 0 Å². The number of hydrogen-bond donors (Lipinski definition) is 0. The quantitative estimate of drug-likeness (QED) is 0.463. The fourth-order valence-electron chi connectivity index (χ4n) is 2.84. The van der Waals surface area contributed by atoms with Crippen LogP contribution in [0.25, 0.3) is 0 Å². The summed E-state index contributed by atoms with van der Waals surface area (Å²) in [4.78, 5) is 6.88. The molecule has 4 nitrogen and oxygen atoms in total. The monoisotopic (exact) mass is 426 g/mol. The van der Waals surface area contributed by atoms with Gasteiger partial charge in [0.25, 0.3) is 0 Å². The van der Waals surface area contributed by atoms with Crippen LogP contribution in [0.1, 0.15) is 16.7 Å². The molecule has 3 rings (SSSR count). The van der Waals surface area contributed by atoms with E-state index in [1.807, 2.05) is 36.5 Å². The van der Waals surface area contributed by atoms with Gasteiger partial charge in [0.05, 0.1) is 14.2 Å². The van der Waals surface area contributed by atoms with Crippen LogP contribution in [0.2, 0.25) is 0 Å². The van der Waals surface area contributed by atoms with Crippen LogP contribution >= 0.6 is 15.9 Å². The van der Waals surface area contributed by atoms with E-state index >= 15 is 0 Å². The zero-order valence-electron chi connectivity index (χ0n) is 15.6. The maximum absolute atomic E-state index is 5.26. The fraction of sp³-hybridized carbons (Fsp3) is 0.227. The average molecular weight is 427 g/mol. The molecular weight excluding hydrogens is 404 g/mol.